The fourth-order valence-corrected chi connectivity index (χ4v) is 6.13. The minimum atomic E-state index is 1.07. The first-order valence-electron chi connectivity index (χ1n) is 14.4. The van der Waals surface area contributed by atoms with Gasteiger partial charge in [-0.25, -0.2) is 0 Å². The van der Waals surface area contributed by atoms with E-state index in [2.05, 4.69) is 174 Å². The van der Waals surface area contributed by atoms with E-state index in [0.29, 0.717) is 0 Å². The predicted octanol–water partition coefficient (Wildman–Crippen LogP) is 11.0. The van der Waals surface area contributed by atoms with E-state index in [9.17, 15) is 0 Å². The van der Waals surface area contributed by atoms with Gasteiger partial charge in [-0.15, -0.1) is 0 Å². The molecule has 1 aromatic heterocycles. The van der Waals surface area contributed by atoms with Crippen molar-refractivity contribution < 1.29 is 0 Å². The normalized spacial score (nSPS) is 11.3. The molecule has 0 radical (unpaired) electrons. The highest BCUT2D eigenvalue weighted by molar-refractivity contribution is 6.10. The maximum Gasteiger partial charge on any atom is 0.0541 e. The van der Waals surface area contributed by atoms with E-state index in [1.165, 1.54) is 60.5 Å². The van der Waals surface area contributed by atoms with Gasteiger partial charge in [-0.2, -0.15) is 0 Å². The first kappa shape index (κ1) is 24.2. The summed E-state index contributed by atoms with van der Waals surface area (Å²) in [5.41, 5.74) is 10.6. The Labute approximate surface area is 245 Å². The highest BCUT2D eigenvalue weighted by atomic mass is 15.0. The second-order valence-electron chi connectivity index (χ2n) is 10.7. The van der Waals surface area contributed by atoms with Crippen LogP contribution in [0.4, 0.5) is 11.4 Å². The maximum atomic E-state index is 3.57. The molecule has 0 fully saturated rings. The minimum Gasteiger partial charge on any atom is -0.356 e. The van der Waals surface area contributed by atoms with Crippen molar-refractivity contribution in [1.82, 2.24) is 4.57 Å². The quantitative estimate of drug-likeness (QED) is 0.231. The number of aromatic nitrogens is 1. The van der Waals surface area contributed by atoms with E-state index in [4.69, 9.17) is 0 Å². The minimum absolute atomic E-state index is 1.07. The third kappa shape index (κ3) is 4.22. The van der Waals surface area contributed by atoms with Gasteiger partial charge in [0, 0.05) is 27.8 Å². The van der Waals surface area contributed by atoms with Crippen LogP contribution in [0.25, 0.3) is 60.5 Å². The number of nitrogens with one attached hydrogen (secondary N) is 1. The Balaban J connectivity index is 1.07. The van der Waals surface area contributed by atoms with E-state index >= 15 is 0 Å². The lowest BCUT2D eigenvalue weighted by Crippen LogP contribution is -1.93. The summed E-state index contributed by atoms with van der Waals surface area (Å²) in [7, 11) is 0. The van der Waals surface area contributed by atoms with Crippen molar-refractivity contribution in [1.29, 1.82) is 0 Å². The van der Waals surface area contributed by atoms with Crippen molar-refractivity contribution in [3.8, 4) is 27.9 Å². The van der Waals surface area contributed by atoms with Crippen molar-refractivity contribution in [2.75, 3.05) is 5.32 Å². The van der Waals surface area contributed by atoms with Crippen molar-refractivity contribution in [3.05, 3.63) is 164 Å². The van der Waals surface area contributed by atoms with Gasteiger partial charge in [0.05, 0.1) is 11.0 Å². The first-order chi connectivity index (χ1) is 20.8. The molecule has 0 saturated carbocycles. The van der Waals surface area contributed by atoms with Gasteiger partial charge in [0.1, 0.15) is 0 Å². The average Bonchev–Trinajstić information content (AvgIpc) is 3.39. The van der Waals surface area contributed by atoms with Gasteiger partial charge in [0.2, 0.25) is 0 Å². The van der Waals surface area contributed by atoms with Gasteiger partial charge in [0.25, 0.3) is 0 Å². The van der Waals surface area contributed by atoms with Crippen LogP contribution >= 0.6 is 0 Å². The van der Waals surface area contributed by atoms with Gasteiger partial charge < -0.3 is 9.88 Å². The molecule has 0 unspecified atom stereocenters. The van der Waals surface area contributed by atoms with Crippen LogP contribution in [0, 0.1) is 0 Å². The molecular formula is C40H28N2. The summed E-state index contributed by atoms with van der Waals surface area (Å²) in [5, 5.41) is 8.64. The molecular weight excluding hydrogens is 508 g/mol. The number of benzene rings is 7. The highest BCUT2D eigenvalue weighted by Gasteiger charge is 2.13. The van der Waals surface area contributed by atoms with E-state index in [0.717, 1.165) is 11.4 Å². The lowest BCUT2D eigenvalue weighted by Gasteiger charge is -2.11. The SMILES string of the molecule is c1ccc(-n2c3ccccc3c3cc(-c4ccc(Nc5ccc(-c6cccc7ccccc67)cc5)cc4)ccc32)cc1. The molecule has 0 aliphatic carbocycles. The van der Waals surface area contributed by atoms with Crippen LogP contribution < -0.4 is 5.32 Å². The van der Waals surface area contributed by atoms with Crippen molar-refractivity contribution in [3.63, 3.8) is 0 Å². The molecule has 8 rings (SSSR count). The Morgan fingerprint density at radius 1 is 0.381 bits per heavy atom. The molecule has 2 heteroatoms. The number of rotatable bonds is 5. The van der Waals surface area contributed by atoms with Crippen LogP contribution in [0.15, 0.2) is 164 Å². The third-order valence-corrected chi connectivity index (χ3v) is 8.18. The van der Waals surface area contributed by atoms with Crippen LogP contribution in [0.2, 0.25) is 0 Å². The molecule has 1 N–H and O–H groups in total. The average molecular weight is 537 g/mol. The van der Waals surface area contributed by atoms with E-state index < -0.39 is 0 Å². The van der Waals surface area contributed by atoms with Crippen molar-refractivity contribution in [2.45, 2.75) is 0 Å². The molecule has 1 heterocycles. The summed E-state index contributed by atoms with van der Waals surface area (Å²) in [6, 6.07) is 58.5. The summed E-state index contributed by atoms with van der Waals surface area (Å²) in [4.78, 5) is 0. The zero-order valence-corrected chi connectivity index (χ0v) is 23.0. The van der Waals surface area contributed by atoms with Gasteiger partial charge in [-0.05, 0) is 87.6 Å². The maximum absolute atomic E-state index is 3.57. The summed E-state index contributed by atoms with van der Waals surface area (Å²) in [5.74, 6) is 0. The topological polar surface area (TPSA) is 17.0 Å². The van der Waals surface area contributed by atoms with Crippen LogP contribution in [-0.2, 0) is 0 Å². The first-order valence-corrected chi connectivity index (χ1v) is 14.4. The predicted molar refractivity (Wildman–Crippen MR) is 179 cm³/mol. The fraction of sp³-hybridized carbons (Fsp3) is 0. The lowest BCUT2D eigenvalue weighted by atomic mass is 9.98. The Morgan fingerprint density at radius 2 is 0.976 bits per heavy atom. The number of hydrogen-bond acceptors (Lipinski definition) is 1. The van der Waals surface area contributed by atoms with Crippen molar-refractivity contribution >= 4 is 44.0 Å². The molecule has 0 spiro atoms. The molecule has 198 valence electrons. The summed E-state index contributed by atoms with van der Waals surface area (Å²) in [6.07, 6.45) is 0. The molecule has 0 bridgehead atoms. The molecule has 8 aromatic rings. The molecule has 42 heavy (non-hydrogen) atoms. The van der Waals surface area contributed by atoms with Crippen LogP contribution in [0.1, 0.15) is 0 Å². The van der Waals surface area contributed by atoms with E-state index in [1.54, 1.807) is 0 Å². The monoisotopic (exact) mass is 536 g/mol. The summed E-state index contributed by atoms with van der Waals surface area (Å²) >= 11 is 0. The Kier molecular flexibility index (Phi) is 5.82. The van der Waals surface area contributed by atoms with Crippen molar-refractivity contribution in [2.24, 2.45) is 0 Å². The molecule has 0 atom stereocenters. The molecule has 0 aliphatic heterocycles. The molecule has 0 aliphatic rings. The Hall–Kier alpha value is -5.60. The Bertz CT molecular complexity index is 2180. The van der Waals surface area contributed by atoms with Gasteiger partial charge >= 0.3 is 0 Å². The number of para-hydroxylation sites is 2. The van der Waals surface area contributed by atoms with Gasteiger partial charge in [0.15, 0.2) is 0 Å². The Morgan fingerprint density at radius 3 is 1.76 bits per heavy atom. The van der Waals surface area contributed by atoms with Gasteiger partial charge in [-0.1, -0.05) is 109 Å². The standard InChI is InChI=1S/C40H28N2/c1-2-11-34(12-3-1)42-39-16-7-6-14-37(39)38-27-31(21-26-40(38)42)28-17-22-32(23-18-28)41-33-24-19-30(20-25-33)36-15-8-10-29-9-4-5-13-35(29)36/h1-27,41H. The highest BCUT2D eigenvalue weighted by Crippen LogP contribution is 2.35. The molecule has 7 aromatic carbocycles. The van der Waals surface area contributed by atoms with Gasteiger partial charge in [-0.3, -0.25) is 0 Å². The smallest absolute Gasteiger partial charge is 0.0541 e. The van der Waals surface area contributed by atoms with E-state index in [1.807, 2.05) is 0 Å². The van der Waals surface area contributed by atoms with Crippen LogP contribution in [-0.4, -0.2) is 4.57 Å². The van der Waals surface area contributed by atoms with Crippen LogP contribution in [0.3, 0.4) is 0 Å². The number of hydrogen-bond donors (Lipinski definition) is 1. The van der Waals surface area contributed by atoms with E-state index in [-0.39, 0.29) is 0 Å². The number of fused-ring (bicyclic) bond motifs is 4. The lowest BCUT2D eigenvalue weighted by molar-refractivity contribution is 1.18. The van der Waals surface area contributed by atoms with Crippen LogP contribution in [0.5, 0.6) is 0 Å². The second-order valence-corrected chi connectivity index (χ2v) is 10.7. The number of anilines is 2. The number of nitrogens with zero attached hydrogens (tertiary/aromatic N) is 1. The fourth-order valence-electron chi connectivity index (χ4n) is 6.13. The summed E-state index contributed by atoms with van der Waals surface area (Å²) < 4.78 is 2.35. The molecule has 0 saturated heterocycles. The zero-order valence-electron chi connectivity index (χ0n) is 23.0. The largest absolute Gasteiger partial charge is 0.356 e. The third-order valence-electron chi connectivity index (χ3n) is 8.18. The molecule has 0 amide bonds. The second kappa shape index (κ2) is 10.1. The molecule has 2 nitrogen and oxygen atoms in total. The summed E-state index contributed by atoms with van der Waals surface area (Å²) in [6.45, 7) is 0. The zero-order chi connectivity index (χ0) is 27.9.